The summed E-state index contributed by atoms with van der Waals surface area (Å²) in [5.74, 6) is 0.723. The van der Waals surface area contributed by atoms with Crippen molar-refractivity contribution in [2.24, 2.45) is 0 Å². The van der Waals surface area contributed by atoms with Gasteiger partial charge < -0.3 is 0 Å². The lowest BCUT2D eigenvalue weighted by molar-refractivity contribution is 0.819. The SMILES string of the molecule is O=c1c2ccccc2nc(SCc2cccc(Br)c2)n1-c1ccc(Br)cc1. The summed E-state index contributed by atoms with van der Waals surface area (Å²) in [5.41, 5.74) is 2.63. The standard InChI is InChI=1S/C21H14Br2N2OS/c22-15-8-10-17(11-9-15)25-20(26)18-6-1-2-7-19(18)24-21(25)27-13-14-4-3-5-16(23)12-14/h1-12H,13H2. The van der Waals surface area contributed by atoms with Gasteiger partial charge in [-0.25, -0.2) is 4.98 Å². The van der Waals surface area contributed by atoms with Gasteiger partial charge >= 0.3 is 0 Å². The summed E-state index contributed by atoms with van der Waals surface area (Å²) >= 11 is 8.51. The Balaban J connectivity index is 1.83. The van der Waals surface area contributed by atoms with Gasteiger partial charge in [0.2, 0.25) is 0 Å². The second-order valence-electron chi connectivity index (χ2n) is 5.95. The zero-order valence-corrected chi connectivity index (χ0v) is 18.1. The molecule has 1 aromatic heterocycles. The zero-order chi connectivity index (χ0) is 18.8. The third kappa shape index (κ3) is 4.03. The van der Waals surface area contributed by atoms with Crippen LogP contribution in [0, 0.1) is 0 Å². The van der Waals surface area contributed by atoms with E-state index in [0.29, 0.717) is 16.1 Å². The minimum absolute atomic E-state index is 0.0559. The maximum absolute atomic E-state index is 13.2. The van der Waals surface area contributed by atoms with Crippen LogP contribution in [0.4, 0.5) is 0 Å². The fraction of sp³-hybridized carbons (Fsp3) is 0.0476. The molecule has 0 radical (unpaired) electrons. The average Bonchev–Trinajstić information content (AvgIpc) is 2.68. The molecule has 4 rings (SSSR count). The number of para-hydroxylation sites is 1. The lowest BCUT2D eigenvalue weighted by atomic mass is 10.2. The number of aromatic nitrogens is 2. The highest BCUT2D eigenvalue weighted by atomic mass is 79.9. The van der Waals surface area contributed by atoms with Crippen molar-refractivity contribution in [3.05, 3.63) is 97.7 Å². The Morgan fingerprint density at radius 3 is 2.44 bits per heavy atom. The van der Waals surface area contributed by atoms with Gasteiger partial charge in [-0.05, 0) is 54.1 Å². The molecule has 3 aromatic carbocycles. The topological polar surface area (TPSA) is 34.9 Å². The molecule has 6 heteroatoms. The van der Waals surface area contributed by atoms with Crippen LogP contribution in [0.1, 0.15) is 5.56 Å². The number of rotatable bonds is 4. The molecule has 0 saturated heterocycles. The van der Waals surface area contributed by atoms with E-state index < -0.39 is 0 Å². The van der Waals surface area contributed by atoms with Crippen LogP contribution < -0.4 is 5.56 Å². The monoisotopic (exact) mass is 500 g/mol. The second-order valence-corrected chi connectivity index (χ2v) is 8.72. The molecule has 0 atom stereocenters. The van der Waals surface area contributed by atoms with Crippen molar-refractivity contribution in [2.45, 2.75) is 10.9 Å². The molecule has 0 N–H and O–H groups in total. The molecule has 0 saturated carbocycles. The van der Waals surface area contributed by atoms with E-state index in [-0.39, 0.29) is 5.56 Å². The first-order valence-electron chi connectivity index (χ1n) is 8.27. The number of hydrogen-bond donors (Lipinski definition) is 0. The smallest absolute Gasteiger partial charge is 0.266 e. The lowest BCUT2D eigenvalue weighted by Crippen LogP contribution is -2.21. The number of hydrogen-bond acceptors (Lipinski definition) is 3. The van der Waals surface area contributed by atoms with Crippen LogP contribution in [0.25, 0.3) is 16.6 Å². The van der Waals surface area contributed by atoms with Crippen molar-refractivity contribution in [3.8, 4) is 5.69 Å². The lowest BCUT2D eigenvalue weighted by Gasteiger charge is -2.13. The van der Waals surface area contributed by atoms with Crippen LogP contribution in [0.5, 0.6) is 0 Å². The normalized spacial score (nSPS) is 11.0. The fourth-order valence-corrected chi connectivity index (χ4v) is 4.47. The molecule has 0 aliphatic heterocycles. The van der Waals surface area contributed by atoms with Gasteiger partial charge in [-0.2, -0.15) is 0 Å². The highest BCUT2D eigenvalue weighted by Gasteiger charge is 2.13. The van der Waals surface area contributed by atoms with Gasteiger partial charge in [0.25, 0.3) is 5.56 Å². The fourth-order valence-electron chi connectivity index (χ4n) is 2.80. The molecule has 1 heterocycles. The predicted molar refractivity (Wildman–Crippen MR) is 119 cm³/mol. The minimum atomic E-state index is -0.0559. The largest absolute Gasteiger partial charge is 0.268 e. The summed E-state index contributed by atoms with van der Waals surface area (Å²) in [5, 5.41) is 1.30. The highest BCUT2D eigenvalue weighted by Crippen LogP contribution is 2.26. The Morgan fingerprint density at radius 1 is 0.889 bits per heavy atom. The van der Waals surface area contributed by atoms with Crippen molar-refractivity contribution < 1.29 is 0 Å². The third-order valence-corrected chi connectivity index (χ3v) is 6.12. The Labute approximate surface area is 177 Å². The molecule has 0 unspecified atom stereocenters. The Hall–Kier alpha value is -1.89. The van der Waals surface area contributed by atoms with Gasteiger partial charge in [0.15, 0.2) is 5.16 Å². The van der Waals surface area contributed by atoms with Crippen molar-refractivity contribution in [1.82, 2.24) is 9.55 Å². The van der Waals surface area contributed by atoms with Crippen LogP contribution in [0.3, 0.4) is 0 Å². The van der Waals surface area contributed by atoms with Crippen LogP contribution in [-0.2, 0) is 5.75 Å². The Morgan fingerprint density at radius 2 is 1.67 bits per heavy atom. The Bertz CT molecular complexity index is 1170. The summed E-state index contributed by atoms with van der Waals surface area (Å²) in [4.78, 5) is 18.0. The molecule has 0 aliphatic carbocycles. The van der Waals surface area contributed by atoms with Crippen molar-refractivity contribution in [2.75, 3.05) is 0 Å². The molecular weight excluding hydrogens is 488 g/mol. The summed E-state index contributed by atoms with van der Waals surface area (Å²) < 4.78 is 3.70. The first kappa shape index (κ1) is 18.5. The van der Waals surface area contributed by atoms with Crippen molar-refractivity contribution in [1.29, 1.82) is 0 Å². The van der Waals surface area contributed by atoms with E-state index in [4.69, 9.17) is 4.98 Å². The molecule has 0 spiro atoms. The van der Waals surface area contributed by atoms with Crippen molar-refractivity contribution >= 4 is 54.5 Å². The van der Waals surface area contributed by atoms with E-state index in [9.17, 15) is 4.79 Å². The summed E-state index contributed by atoms with van der Waals surface area (Å²) in [6.45, 7) is 0. The molecule has 3 nitrogen and oxygen atoms in total. The van der Waals surface area contributed by atoms with E-state index in [0.717, 1.165) is 20.4 Å². The molecule has 4 aromatic rings. The third-order valence-electron chi connectivity index (χ3n) is 4.09. The number of benzene rings is 3. The molecule has 27 heavy (non-hydrogen) atoms. The second kappa shape index (κ2) is 8.00. The quantitative estimate of drug-likeness (QED) is 0.246. The molecule has 0 aliphatic rings. The van der Waals surface area contributed by atoms with Crippen molar-refractivity contribution in [3.63, 3.8) is 0 Å². The molecule has 0 fully saturated rings. The maximum atomic E-state index is 13.2. The Kier molecular flexibility index (Phi) is 5.48. The molecule has 0 bridgehead atoms. The van der Waals surface area contributed by atoms with Gasteiger partial charge in [-0.3, -0.25) is 9.36 Å². The summed E-state index contributed by atoms with van der Waals surface area (Å²) in [6, 6.07) is 23.3. The first-order chi connectivity index (χ1) is 13.1. The van der Waals surface area contributed by atoms with Gasteiger partial charge in [-0.15, -0.1) is 0 Å². The maximum Gasteiger partial charge on any atom is 0.266 e. The molecule has 0 amide bonds. The zero-order valence-electron chi connectivity index (χ0n) is 14.1. The van der Waals surface area contributed by atoms with Crippen LogP contribution in [-0.4, -0.2) is 9.55 Å². The van der Waals surface area contributed by atoms with Gasteiger partial charge in [0, 0.05) is 14.7 Å². The van der Waals surface area contributed by atoms with Gasteiger partial charge in [0.05, 0.1) is 16.6 Å². The van der Waals surface area contributed by atoms with E-state index in [2.05, 4.69) is 44.0 Å². The minimum Gasteiger partial charge on any atom is -0.268 e. The van der Waals surface area contributed by atoms with E-state index in [1.54, 1.807) is 16.3 Å². The highest BCUT2D eigenvalue weighted by molar-refractivity contribution is 9.10. The van der Waals surface area contributed by atoms with Crippen LogP contribution in [0.2, 0.25) is 0 Å². The number of halogens is 2. The van der Waals surface area contributed by atoms with E-state index >= 15 is 0 Å². The predicted octanol–water partition coefficient (Wildman–Crippen LogP) is 6.20. The van der Waals surface area contributed by atoms with E-state index in [1.807, 2.05) is 60.7 Å². The van der Waals surface area contributed by atoms with Gasteiger partial charge in [0.1, 0.15) is 0 Å². The molecule has 134 valence electrons. The van der Waals surface area contributed by atoms with Crippen LogP contribution in [0.15, 0.2) is 91.7 Å². The van der Waals surface area contributed by atoms with E-state index in [1.165, 1.54) is 5.56 Å². The number of fused-ring (bicyclic) bond motifs is 1. The number of thioether (sulfide) groups is 1. The summed E-state index contributed by atoms with van der Waals surface area (Å²) in [6.07, 6.45) is 0. The first-order valence-corrected chi connectivity index (χ1v) is 10.8. The van der Waals surface area contributed by atoms with Crippen LogP contribution >= 0.6 is 43.6 Å². The average molecular weight is 502 g/mol. The van der Waals surface area contributed by atoms with Gasteiger partial charge in [-0.1, -0.05) is 67.9 Å². The number of nitrogens with zero attached hydrogens (tertiary/aromatic N) is 2. The summed E-state index contributed by atoms with van der Waals surface area (Å²) in [7, 11) is 0. The molecular formula is C21H14Br2N2OS.